The first-order valence-electron chi connectivity index (χ1n) is 22.9. The Kier molecular flexibility index (Phi) is 9.17. The fraction of sp³-hybridized carbons (Fsp3) is 0. The maximum atomic E-state index is 6.52. The number of benzene rings is 11. The predicted octanol–water partition coefficient (Wildman–Crippen LogP) is 18.0. The second-order valence-electron chi connectivity index (χ2n) is 17.3. The molecule has 0 saturated heterocycles. The molecular formula is C64H42N2O. The summed E-state index contributed by atoms with van der Waals surface area (Å²) in [6.45, 7) is 0. The van der Waals surface area contributed by atoms with E-state index in [1.807, 2.05) is 12.1 Å². The number of rotatable bonds is 8. The minimum atomic E-state index is 0.901. The molecule has 13 rings (SSSR count). The van der Waals surface area contributed by atoms with E-state index in [0.29, 0.717) is 0 Å². The highest BCUT2D eigenvalue weighted by atomic mass is 16.3. The topological polar surface area (TPSA) is 21.3 Å². The smallest absolute Gasteiger partial charge is 0.143 e. The standard InChI is InChI=1S/C64H42N2O/c1-2-15-43(16-3-1)48-34-40-53(62(42-48)66-60-26-11-8-21-55(60)56-22-9-12-27-61(56)66)46-32-37-50(38-33-46)65(51-39-29-44-17-4-5-18-47(44)41-51)49-35-30-45(31-36-49)52-19-6-7-20-54(52)58-24-14-25-59-57-23-10-13-28-63(57)67-64(58)59/h1-42H. The average molecular weight is 855 g/mol. The van der Waals surface area contributed by atoms with Crippen LogP contribution in [0.3, 0.4) is 0 Å². The number of aromatic nitrogens is 1. The van der Waals surface area contributed by atoms with Crippen LogP contribution in [0.4, 0.5) is 17.1 Å². The van der Waals surface area contributed by atoms with Crippen LogP contribution in [-0.2, 0) is 0 Å². The third-order valence-electron chi connectivity index (χ3n) is 13.4. The molecule has 3 heteroatoms. The van der Waals surface area contributed by atoms with Crippen molar-refractivity contribution in [3.05, 3.63) is 255 Å². The molecule has 11 aromatic carbocycles. The van der Waals surface area contributed by atoms with E-state index in [-0.39, 0.29) is 0 Å². The lowest BCUT2D eigenvalue weighted by molar-refractivity contribution is 0.670. The summed E-state index contributed by atoms with van der Waals surface area (Å²) in [7, 11) is 0. The van der Waals surface area contributed by atoms with Crippen LogP contribution in [0.25, 0.3) is 105 Å². The average Bonchev–Trinajstić information content (AvgIpc) is 3.95. The Labute approximate surface area is 388 Å². The van der Waals surface area contributed by atoms with E-state index < -0.39 is 0 Å². The van der Waals surface area contributed by atoms with Crippen molar-refractivity contribution < 1.29 is 4.42 Å². The Hall–Kier alpha value is -8.92. The van der Waals surface area contributed by atoms with E-state index in [1.165, 1.54) is 43.7 Å². The molecule has 0 N–H and O–H groups in total. The summed E-state index contributed by atoms with van der Waals surface area (Å²) in [5.41, 5.74) is 17.8. The van der Waals surface area contributed by atoms with Crippen molar-refractivity contribution in [3.63, 3.8) is 0 Å². The van der Waals surface area contributed by atoms with E-state index in [2.05, 4.69) is 252 Å². The Bertz CT molecular complexity index is 3920. The lowest BCUT2D eigenvalue weighted by Gasteiger charge is -2.26. The van der Waals surface area contributed by atoms with Gasteiger partial charge in [0.2, 0.25) is 0 Å². The zero-order valence-electron chi connectivity index (χ0n) is 36.6. The second-order valence-corrected chi connectivity index (χ2v) is 17.3. The van der Waals surface area contributed by atoms with Gasteiger partial charge in [0.15, 0.2) is 0 Å². The number of anilines is 3. The van der Waals surface area contributed by atoms with Crippen LogP contribution in [0.1, 0.15) is 0 Å². The van der Waals surface area contributed by atoms with E-state index in [0.717, 1.165) is 78.1 Å². The summed E-state index contributed by atoms with van der Waals surface area (Å²) in [5, 5.41) is 7.16. The third-order valence-corrected chi connectivity index (χ3v) is 13.4. The highest BCUT2D eigenvalue weighted by molar-refractivity contribution is 6.11. The van der Waals surface area contributed by atoms with Crippen LogP contribution in [0.2, 0.25) is 0 Å². The van der Waals surface area contributed by atoms with Crippen molar-refractivity contribution in [1.82, 2.24) is 4.57 Å². The molecule has 0 aliphatic heterocycles. The molecule has 2 heterocycles. The van der Waals surface area contributed by atoms with E-state index >= 15 is 0 Å². The minimum absolute atomic E-state index is 0.901. The van der Waals surface area contributed by atoms with Crippen LogP contribution in [0.5, 0.6) is 0 Å². The van der Waals surface area contributed by atoms with Crippen molar-refractivity contribution in [2.75, 3.05) is 4.90 Å². The molecule has 0 radical (unpaired) electrons. The first-order valence-corrected chi connectivity index (χ1v) is 22.9. The Balaban J connectivity index is 0.927. The fourth-order valence-electron chi connectivity index (χ4n) is 10.2. The van der Waals surface area contributed by atoms with Crippen molar-refractivity contribution in [3.8, 4) is 50.2 Å². The lowest BCUT2D eigenvalue weighted by atomic mass is 9.93. The van der Waals surface area contributed by atoms with Gasteiger partial charge in [-0.1, -0.05) is 194 Å². The molecule has 0 saturated carbocycles. The summed E-state index contributed by atoms with van der Waals surface area (Å²) in [6, 6.07) is 91.9. The lowest BCUT2D eigenvalue weighted by Crippen LogP contribution is -2.10. The van der Waals surface area contributed by atoms with Crippen molar-refractivity contribution in [1.29, 1.82) is 0 Å². The SMILES string of the molecule is c1ccc(-c2ccc(-c3ccc(N(c4ccc(-c5ccccc5-c5cccc6c5oc5ccccc56)cc4)c4ccc5ccccc5c4)cc3)c(-n3c4ccccc4c4ccccc43)c2)cc1. The highest BCUT2D eigenvalue weighted by Crippen LogP contribution is 2.43. The van der Waals surface area contributed by atoms with Crippen LogP contribution in [0, 0.1) is 0 Å². The minimum Gasteiger partial charge on any atom is -0.455 e. The van der Waals surface area contributed by atoms with Crippen molar-refractivity contribution in [2.45, 2.75) is 0 Å². The van der Waals surface area contributed by atoms with Gasteiger partial charge in [-0.25, -0.2) is 0 Å². The molecule has 0 fully saturated rings. The van der Waals surface area contributed by atoms with Crippen molar-refractivity contribution >= 4 is 71.6 Å². The fourth-order valence-corrected chi connectivity index (χ4v) is 10.2. The van der Waals surface area contributed by atoms with E-state index in [1.54, 1.807) is 0 Å². The van der Waals surface area contributed by atoms with Crippen LogP contribution in [0.15, 0.2) is 259 Å². The molecule has 0 aliphatic rings. The molecule has 0 bridgehead atoms. The largest absolute Gasteiger partial charge is 0.455 e. The molecule has 314 valence electrons. The van der Waals surface area contributed by atoms with E-state index in [9.17, 15) is 0 Å². The Morgan fingerprint density at radius 3 is 1.57 bits per heavy atom. The van der Waals surface area contributed by atoms with Crippen LogP contribution in [-0.4, -0.2) is 4.57 Å². The van der Waals surface area contributed by atoms with Gasteiger partial charge in [-0.05, 0) is 105 Å². The first kappa shape index (κ1) is 38.5. The molecule has 0 amide bonds. The van der Waals surface area contributed by atoms with E-state index in [4.69, 9.17) is 4.42 Å². The Morgan fingerprint density at radius 1 is 0.299 bits per heavy atom. The number of nitrogens with zero attached hydrogens (tertiary/aromatic N) is 2. The monoisotopic (exact) mass is 854 g/mol. The van der Waals surface area contributed by atoms with Crippen molar-refractivity contribution in [2.24, 2.45) is 0 Å². The molecule has 0 atom stereocenters. The number of para-hydroxylation sites is 4. The molecule has 13 aromatic rings. The molecule has 0 unspecified atom stereocenters. The van der Waals surface area contributed by atoms with Gasteiger partial charge in [0.25, 0.3) is 0 Å². The summed E-state index contributed by atoms with van der Waals surface area (Å²) < 4.78 is 8.96. The number of hydrogen-bond acceptors (Lipinski definition) is 2. The first-order chi connectivity index (χ1) is 33.2. The van der Waals surface area contributed by atoms with Gasteiger partial charge in [0, 0.05) is 49.7 Å². The van der Waals surface area contributed by atoms with Gasteiger partial charge < -0.3 is 13.9 Å². The number of fused-ring (bicyclic) bond motifs is 7. The summed E-state index contributed by atoms with van der Waals surface area (Å²) in [6.07, 6.45) is 0. The predicted molar refractivity (Wildman–Crippen MR) is 282 cm³/mol. The molecule has 0 aliphatic carbocycles. The van der Waals surface area contributed by atoms with Gasteiger partial charge in [0.05, 0.1) is 16.7 Å². The molecular weight excluding hydrogens is 813 g/mol. The molecule has 3 nitrogen and oxygen atoms in total. The second kappa shape index (κ2) is 16.0. The quantitative estimate of drug-likeness (QED) is 0.152. The van der Waals surface area contributed by atoms with Gasteiger partial charge in [-0.2, -0.15) is 0 Å². The third kappa shape index (κ3) is 6.59. The van der Waals surface area contributed by atoms with Gasteiger partial charge in [-0.15, -0.1) is 0 Å². The number of furan rings is 1. The molecule has 0 spiro atoms. The maximum Gasteiger partial charge on any atom is 0.143 e. The zero-order chi connectivity index (χ0) is 44.3. The number of hydrogen-bond donors (Lipinski definition) is 0. The van der Waals surface area contributed by atoms with Gasteiger partial charge >= 0.3 is 0 Å². The maximum absolute atomic E-state index is 6.52. The zero-order valence-corrected chi connectivity index (χ0v) is 36.6. The summed E-state index contributed by atoms with van der Waals surface area (Å²) in [4.78, 5) is 2.37. The summed E-state index contributed by atoms with van der Waals surface area (Å²) in [5.74, 6) is 0. The van der Waals surface area contributed by atoms with Gasteiger partial charge in [0.1, 0.15) is 11.2 Å². The summed E-state index contributed by atoms with van der Waals surface area (Å²) >= 11 is 0. The highest BCUT2D eigenvalue weighted by Gasteiger charge is 2.20. The van der Waals surface area contributed by atoms with Crippen LogP contribution < -0.4 is 4.90 Å². The van der Waals surface area contributed by atoms with Gasteiger partial charge in [-0.3, -0.25) is 0 Å². The Morgan fingerprint density at radius 2 is 0.836 bits per heavy atom. The molecule has 67 heavy (non-hydrogen) atoms. The van der Waals surface area contributed by atoms with Crippen LogP contribution >= 0.6 is 0 Å². The normalized spacial score (nSPS) is 11.6. The molecule has 2 aromatic heterocycles.